The predicted molar refractivity (Wildman–Crippen MR) is 98.2 cm³/mol. The monoisotopic (exact) mass is 356 g/mol. The third-order valence-electron chi connectivity index (χ3n) is 3.74. The number of carbonyl (C=O) groups excluding carboxylic acids is 1. The zero-order valence-corrected chi connectivity index (χ0v) is 14.8. The SMILES string of the molecule is COc1ccc(CN(C)C(=O)/C=C/c2cccc([N+](=O)[O-])c2)cc1OC. The highest BCUT2D eigenvalue weighted by molar-refractivity contribution is 5.91. The van der Waals surface area contributed by atoms with Crippen LogP contribution in [0.4, 0.5) is 5.69 Å². The number of hydrogen-bond donors (Lipinski definition) is 0. The standard InChI is InChI=1S/C19H20N2O5/c1-20(13-15-7-9-17(25-2)18(12-15)26-3)19(22)10-8-14-5-4-6-16(11-14)21(23)24/h4-12H,13H2,1-3H3/b10-8+. The number of nitrogens with zero attached hydrogens (tertiary/aromatic N) is 2. The minimum atomic E-state index is -0.470. The normalized spacial score (nSPS) is 10.6. The third-order valence-corrected chi connectivity index (χ3v) is 3.74. The van der Waals surface area contributed by atoms with Gasteiger partial charge in [0.15, 0.2) is 11.5 Å². The molecule has 7 nitrogen and oxygen atoms in total. The van der Waals surface area contributed by atoms with Gasteiger partial charge in [0.25, 0.3) is 5.69 Å². The van der Waals surface area contributed by atoms with Gasteiger partial charge in [-0.3, -0.25) is 14.9 Å². The van der Waals surface area contributed by atoms with E-state index in [4.69, 9.17) is 9.47 Å². The largest absolute Gasteiger partial charge is 0.493 e. The molecule has 0 spiro atoms. The molecule has 0 atom stereocenters. The average molecular weight is 356 g/mol. The maximum atomic E-state index is 12.3. The van der Waals surface area contributed by atoms with Gasteiger partial charge in [-0.1, -0.05) is 18.2 Å². The molecule has 2 aromatic carbocycles. The summed E-state index contributed by atoms with van der Waals surface area (Å²) in [6, 6.07) is 11.6. The van der Waals surface area contributed by atoms with Crippen molar-refractivity contribution < 1.29 is 19.2 Å². The summed E-state index contributed by atoms with van der Waals surface area (Å²) in [6.07, 6.45) is 2.94. The van der Waals surface area contributed by atoms with Crippen LogP contribution < -0.4 is 9.47 Å². The number of non-ortho nitro benzene ring substituents is 1. The quantitative estimate of drug-likeness (QED) is 0.432. The Morgan fingerprint density at radius 1 is 1.15 bits per heavy atom. The molecule has 0 radical (unpaired) electrons. The van der Waals surface area contributed by atoms with Crippen LogP contribution in [0.25, 0.3) is 6.08 Å². The molecule has 0 aliphatic carbocycles. The zero-order chi connectivity index (χ0) is 19.1. The minimum Gasteiger partial charge on any atom is -0.493 e. The number of amides is 1. The van der Waals surface area contributed by atoms with Gasteiger partial charge in [-0.2, -0.15) is 0 Å². The second-order valence-corrected chi connectivity index (χ2v) is 5.57. The Hall–Kier alpha value is -3.35. The van der Waals surface area contributed by atoms with Crippen molar-refractivity contribution in [1.29, 1.82) is 0 Å². The molecule has 0 heterocycles. The molecule has 7 heteroatoms. The Morgan fingerprint density at radius 2 is 1.88 bits per heavy atom. The summed E-state index contributed by atoms with van der Waals surface area (Å²) in [5.74, 6) is 1.00. The van der Waals surface area contributed by atoms with E-state index in [1.807, 2.05) is 12.1 Å². The van der Waals surface area contributed by atoms with Gasteiger partial charge in [-0.15, -0.1) is 0 Å². The van der Waals surface area contributed by atoms with E-state index in [1.165, 1.54) is 23.1 Å². The van der Waals surface area contributed by atoms with Crippen molar-refractivity contribution in [3.63, 3.8) is 0 Å². The molecular formula is C19H20N2O5. The van der Waals surface area contributed by atoms with E-state index >= 15 is 0 Å². The molecule has 0 aliphatic heterocycles. The Bertz CT molecular complexity index is 832. The molecule has 136 valence electrons. The molecule has 0 saturated carbocycles. The van der Waals surface area contributed by atoms with Gasteiger partial charge in [0.05, 0.1) is 19.1 Å². The average Bonchev–Trinajstić information content (AvgIpc) is 2.66. The van der Waals surface area contributed by atoms with Crippen LogP contribution in [0.3, 0.4) is 0 Å². The summed E-state index contributed by atoms with van der Waals surface area (Å²) in [5.41, 5.74) is 1.47. The van der Waals surface area contributed by atoms with E-state index in [1.54, 1.807) is 45.5 Å². The highest BCUT2D eigenvalue weighted by Crippen LogP contribution is 2.28. The third kappa shape index (κ3) is 4.83. The summed E-state index contributed by atoms with van der Waals surface area (Å²) < 4.78 is 10.5. The molecule has 26 heavy (non-hydrogen) atoms. The first-order valence-corrected chi connectivity index (χ1v) is 7.83. The van der Waals surface area contributed by atoms with Crippen molar-refractivity contribution in [3.05, 3.63) is 69.8 Å². The first-order chi connectivity index (χ1) is 12.4. The summed E-state index contributed by atoms with van der Waals surface area (Å²) in [4.78, 5) is 24.1. The maximum Gasteiger partial charge on any atom is 0.270 e. The number of likely N-dealkylation sites (N-methyl/N-ethyl adjacent to an activating group) is 1. The molecule has 2 rings (SSSR count). The molecule has 0 bridgehead atoms. The number of hydrogen-bond acceptors (Lipinski definition) is 5. The van der Waals surface area contributed by atoms with Gasteiger partial charge in [0.1, 0.15) is 0 Å². The smallest absolute Gasteiger partial charge is 0.270 e. The molecular weight excluding hydrogens is 336 g/mol. The molecule has 0 N–H and O–H groups in total. The van der Waals surface area contributed by atoms with Gasteiger partial charge < -0.3 is 14.4 Å². The van der Waals surface area contributed by atoms with Crippen LogP contribution in [0.15, 0.2) is 48.5 Å². The fraction of sp³-hybridized carbons (Fsp3) is 0.211. The lowest BCUT2D eigenvalue weighted by atomic mass is 10.1. The number of benzene rings is 2. The lowest BCUT2D eigenvalue weighted by molar-refractivity contribution is -0.384. The van der Waals surface area contributed by atoms with Gasteiger partial charge in [0.2, 0.25) is 5.91 Å². The van der Waals surface area contributed by atoms with Crippen molar-refractivity contribution in [2.45, 2.75) is 6.54 Å². The second-order valence-electron chi connectivity index (χ2n) is 5.57. The molecule has 0 fully saturated rings. The van der Waals surface area contributed by atoms with E-state index in [0.717, 1.165) is 5.56 Å². The van der Waals surface area contributed by atoms with Crippen LogP contribution in [0, 0.1) is 10.1 Å². The van der Waals surface area contributed by atoms with E-state index in [-0.39, 0.29) is 11.6 Å². The number of methoxy groups -OCH3 is 2. The van der Waals surface area contributed by atoms with Crippen LogP contribution in [-0.4, -0.2) is 37.0 Å². The molecule has 1 amide bonds. The Morgan fingerprint density at radius 3 is 2.54 bits per heavy atom. The molecule has 0 unspecified atom stereocenters. The number of nitro groups is 1. The van der Waals surface area contributed by atoms with E-state index < -0.39 is 4.92 Å². The van der Waals surface area contributed by atoms with Crippen molar-refractivity contribution in [2.24, 2.45) is 0 Å². The Labute approximate surface area is 151 Å². The van der Waals surface area contributed by atoms with E-state index in [2.05, 4.69) is 0 Å². The molecule has 0 aromatic heterocycles. The first-order valence-electron chi connectivity index (χ1n) is 7.83. The van der Waals surface area contributed by atoms with E-state index in [9.17, 15) is 14.9 Å². The van der Waals surface area contributed by atoms with Crippen LogP contribution in [0.1, 0.15) is 11.1 Å². The van der Waals surface area contributed by atoms with Crippen LogP contribution in [-0.2, 0) is 11.3 Å². The van der Waals surface area contributed by atoms with Gasteiger partial charge >= 0.3 is 0 Å². The maximum absolute atomic E-state index is 12.3. The van der Waals surface area contributed by atoms with Crippen molar-refractivity contribution in [3.8, 4) is 11.5 Å². The summed E-state index contributed by atoms with van der Waals surface area (Å²) in [6.45, 7) is 0.387. The van der Waals surface area contributed by atoms with Crippen molar-refractivity contribution >= 4 is 17.7 Å². The number of carbonyl (C=O) groups is 1. The highest BCUT2D eigenvalue weighted by Gasteiger charge is 2.10. The summed E-state index contributed by atoms with van der Waals surface area (Å²) in [5, 5.41) is 10.8. The number of nitro benzene ring substituents is 1. The van der Waals surface area contributed by atoms with Crippen molar-refractivity contribution in [1.82, 2.24) is 4.90 Å². The Kier molecular flexibility index (Phi) is 6.32. The molecule has 0 aliphatic rings. The lowest BCUT2D eigenvalue weighted by Gasteiger charge is -2.16. The van der Waals surface area contributed by atoms with Crippen LogP contribution in [0.2, 0.25) is 0 Å². The number of rotatable bonds is 7. The highest BCUT2D eigenvalue weighted by atomic mass is 16.6. The molecule has 0 saturated heterocycles. The molecule has 2 aromatic rings. The Balaban J connectivity index is 2.05. The second kappa shape index (κ2) is 8.66. The predicted octanol–water partition coefficient (Wildman–Crippen LogP) is 3.28. The van der Waals surface area contributed by atoms with Gasteiger partial charge in [0, 0.05) is 31.8 Å². The number of ether oxygens (including phenoxy) is 2. The van der Waals surface area contributed by atoms with Crippen LogP contribution >= 0.6 is 0 Å². The fourth-order valence-electron chi connectivity index (χ4n) is 2.37. The summed E-state index contributed by atoms with van der Waals surface area (Å²) >= 11 is 0. The minimum absolute atomic E-state index is 0.0155. The van der Waals surface area contributed by atoms with Gasteiger partial charge in [-0.05, 0) is 29.3 Å². The topological polar surface area (TPSA) is 81.9 Å². The van der Waals surface area contributed by atoms with Crippen molar-refractivity contribution in [2.75, 3.05) is 21.3 Å². The first kappa shape index (κ1) is 19.0. The fourth-order valence-corrected chi connectivity index (χ4v) is 2.37. The van der Waals surface area contributed by atoms with Crippen LogP contribution in [0.5, 0.6) is 11.5 Å². The lowest BCUT2D eigenvalue weighted by Crippen LogP contribution is -2.24. The van der Waals surface area contributed by atoms with E-state index in [0.29, 0.717) is 23.6 Å². The zero-order valence-electron chi connectivity index (χ0n) is 14.8. The van der Waals surface area contributed by atoms with Gasteiger partial charge in [-0.25, -0.2) is 0 Å². The summed E-state index contributed by atoms with van der Waals surface area (Å²) in [7, 11) is 4.79.